The number of rotatable bonds is 3. The number of benzene rings is 1. The minimum absolute atomic E-state index is 0.0444. The predicted molar refractivity (Wildman–Crippen MR) is 82.4 cm³/mol. The molecule has 1 saturated heterocycles. The molecule has 1 aromatic carbocycles. The summed E-state index contributed by atoms with van der Waals surface area (Å²) >= 11 is 0. The van der Waals surface area contributed by atoms with Gasteiger partial charge in [-0.2, -0.15) is 0 Å². The maximum atomic E-state index is 12.7. The molecule has 4 atom stereocenters. The number of carbonyl (C=O) groups is 2. The van der Waals surface area contributed by atoms with Crippen molar-refractivity contribution in [3.63, 3.8) is 0 Å². The summed E-state index contributed by atoms with van der Waals surface area (Å²) in [5, 5.41) is 1.44. The van der Waals surface area contributed by atoms with Crippen molar-refractivity contribution in [1.82, 2.24) is 5.06 Å². The van der Waals surface area contributed by atoms with Gasteiger partial charge in [0.2, 0.25) is 0 Å². The van der Waals surface area contributed by atoms with Gasteiger partial charge >= 0.3 is 0 Å². The largest absolute Gasteiger partial charge is 0.300 e. The Morgan fingerprint density at radius 1 is 1.27 bits per heavy atom. The first kappa shape index (κ1) is 15.0. The summed E-state index contributed by atoms with van der Waals surface area (Å²) in [5.74, 6) is -0.164. The zero-order chi connectivity index (χ0) is 15.7. The molecule has 0 spiro atoms. The standard InChI is InChI=1S/C18H21NO3/c1-12-8-9-15-16(17(12)13(2)20)11-22-19(18(15)21)10-14-6-4-3-5-7-14/h3-9,12,15-17H,10-11H2,1-2H3/t12-,15+,16-,17+/m1/s1. The van der Waals surface area contributed by atoms with Crippen molar-refractivity contribution in [3.8, 4) is 0 Å². The Balaban J connectivity index is 1.78. The number of ketones is 1. The predicted octanol–water partition coefficient (Wildman–Crippen LogP) is 2.60. The highest BCUT2D eigenvalue weighted by molar-refractivity contribution is 5.84. The number of allylic oxidation sites excluding steroid dienone is 1. The maximum absolute atomic E-state index is 12.7. The Morgan fingerprint density at radius 3 is 2.68 bits per heavy atom. The highest BCUT2D eigenvalue weighted by atomic mass is 16.7. The van der Waals surface area contributed by atoms with Gasteiger partial charge in [0, 0.05) is 11.8 Å². The van der Waals surface area contributed by atoms with Crippen LogP contribution in [0.1, 0.15) is 19.4 Å². The van der Waals surface area contributed by atoms with Crippen molar-refractivity contribution in [1.29, 1.82) is 0 Å². The van der Waals surface area contributed by atoms with Gasteiger partial charge in [0.05, 0.1) is 19.1 Å². The van der Waals surface area contributed by atoms with Crippen molar-refractivity contribution >= 4 is 11.7 Å². The molecule has 0 N–H and O–H groups in total. The monoisotopic (exact) mass is 299 g/mol. The molecule has 0 bridgehead atoms. The number of nitrogens with zero attached hydrogens (tertiary/aromatic N) is 1. The molecular formula is C18H21NO3. The molecule has 1 amide bonds. The maximum Gasteiger partial charge on any atom is 0.253 e. The quantitative estimate of drug-likeness (QED) is 0.806. The average Bonchev–Trinajstić information content (AvgIpc) is 2.50. The lowest BCUT2D eigenvalue weighted by atomic mass is 9.69. The van der Waals surface area contributed by atoms with E-state index in [1.807, 2.05) is 49.4 Å². The fraction of sp³-hybridized carbons (Fsp3) is 0.444. The molecule has 22 heavy (non-hydrogen) atoms. The first-order chi connectivity index (χ1) is 10.6. The molecular weight excluding hydrogens is 278 g/mol. The third-order valence-electron chi connectivity index (χ3n) is 4.70. The van der Waals surface area contributed by atoms with Crippen molar-refractivity contribution < 1.29 is 14.4 Å². The minimum Gasteiger partial charge on any atom is -0.300 e. The molecule has 1 aromatic rings. The van der Waals surface area contributed by atoms with E-state index in [0.29, 0.717) is 13.2 Å². The lowest BCUT2D eigenvalue weighted by molar-refractivity contribution is -0.223. The minimum atomic E-state index is -0.248. The Labute approximate surface area is 130 Å². The third kappa shape index (κ3) is 2.71. The smallest absolute Gasteiger partial charge is 0.253 e. The van der Waals surface area contributed by atoms with Gasteiger partial charge in [0.25, 0.3) is 5.91 Å². The number of hydrogen-bond acceptors (Lipinski definition) is 3. The van der Waals surface area contributed by atoms with Gasteiger partial charge < -0.3 is 0 Å². The SMILES string of the molecule is CC(=O)[C@H]1[C@@H]2CON(Cc3ccccc3)C(=O)[C@H]2C=C[C@H]1C. The van der Waals surface area contributed by atoms with Crippen molar-refractivity contribution in [3.05, 3.63) is 48.0 Å². The average molecular weight is 299 g/mol. The van der Waals surface area contributed by atoms with Gasteiger partial charge in [0.1, 0.15) is 5.78 Å². The van der Waals surface area contributed by atoms with Crippen LogP contribution in [0.15, 0.2) is 42.5 Å². The number of carbonyl (C=O) groups excluding carboxylic acids is 2. The van der Waals surface area contributed by atoms with Crippen molar-refractivity contribution in [2.45, 2.75) is 20.4 Å². The van der Waals surface area contributed by atoms with E-state index in [1.54, 1.807) is 6.92 Å². The lowest BCUT2D eigenvalue weighted by Crippen LogP contribution is -2.51. The molecule has 0 unspecified atom stereocenters. The summed E-state index contributed by atoms with van der Waals surface area (Å²) in [6, 6.07) is 9.78. The highest BCUT2D eigenvalue weighted by Crippen LogP contribution is 2.38. The van der Waals surface area contributed by atoms with E-state index >= 15 is 0 Å². The van der Waals surface area contributed by atoms with E-state index in [9.17, 15) is 9.59 Å². The summed E-state index contributed by atoms with van der Waals surface area (Å²) in [6.45, 7) is 4.50. The summed E-state index contributed by atoms with van der Waals surface area (Å²) in [7, 11) is 0. The van der Waals surface area contributed by atoms with Crippen LogP contribution in [0.4, 0.5) is 0 Å². The molecule has 4 heteroatoms. The number of Topliss-reactive ketones (excluding diaryl/α,β-unsaturated/α-hetero) is 1. The van der Waals surface area contributed by atoms with Crippen LogP contribution in [0.3, 0.4) is 0 Å². The van der Waals surface area contributed by atoms with E-state index in [1.165, 1.54) is 5.06 Å². The van der Waals surface area contributed by atoms with E-state index in [2.05, 4.69) is 0 Å². The second kappa shape index (κ2) is 6.05. The second-order valence-corrected chi connectivity index (χ2v) is 6.23. The van der Waals surface area contributed by atoms with Gasteiger partial charge in [-0.1, -0.05) is 49.4 Å². The summed E-state index contributed by atoms with van der Waals surface area (Å²) < 4.78 is 0. The van der Waals surface area contributed by atoms with E-state index in [-0.39, 0.29) is 35.4 Å². The molecule has 1 heterocycles. The van der Waals surface area contributed by atoms with Gasteiger partial charge in [-0.05, 0) is 18.4 Å². The van der Waals surface area contributed by atoms with E-state index < -0.39 is 0 Å². The van der Waals surface area contributed by atoms with Crippen molar-refractivity contribution in [2.75, 3.05) is 6.61 Å². The van der Waals surface area contributed by atoms with Crippen molar-refractivity contribution in [2.24, 2.45) is 23.7 Å². The first-order valence-corrected chi connectivity index (χ1v) is 7.75. The van der Waals surface area contributed by atoms with Crippen LogP contribution in [0.25, 0.3) is 0 Å². The number of amides is 1. The molecule has 1 fully saturated rings. The summed E-state index contributed by atoms with van der Waals surface area (Å²) in [6.07, 6.45) is 3.95. The van der Waals surface area contributed by atoms with Crippen LogP contribution in [0.5, 0.6) is 0 Å². The number of fused-ring (bicyclic) bond motifs is 1. The van der Waals surface area contributed by atoms with Crippen LogP contribution >= 0.6 is 0 Å². The van der Waals surface area contributed by atoms with Gasteiger partial charge in [-0.15, -0.1) is 0 Å². The Kier molecular flexibility index (Phi) is 4.12. The normalized spacial score (nSPS) is 31.0. The Morgan fingerprint density at radius 2 is 2.00 bits per heavy atom. The van der Waals surface area contributed by atoms with Crippen LogP contribution in [0.2, 0.25) is 0 Å². The zero-order valence-corrected chi connectivity index (χ0v) is 12.9. The molecule has 1 aliphatic heterocycles. The molecule has 3 rings (SSSR count). The molecule has 116 valence electrons. The number of hydroxylamine groups is 2. The van der Waals surface area contributed by atoms with Gasteiger partial charge in [-0.25, -0.2) is 5.06 Å². The zero-order valence-electron chi connectivity index (χ0n) is 12.9. The third-order valence-corrected chi connectivity index (χ3v) is 4.70. The lowest BCUT2D eigenvalue weighted by Gasteiger charge is -2.42. The van der Waals surface area contributed by atoms with Gasteiger partial charge in [0.15, 0.2) is 0 Å². The Hall–Kier alpha value is -1.94. The Bertz CT molecular complexity index is 596. The molecule has 4 nitrogen and oxygen atoms in total. The summed E-state index contributed by atoms with van der Waals surface area (Å²) in [5.41, 5.74) is 1.03. The fourth-order valence-corrected chi connectivity index (χ4v) is 3.59. The van der Waals surface area contributed by atoms with E-state index in [0.717, 1.165) is 5.56 Å². The van der Waals surface area contributed by atoms with Crippen LogP contribution < -0.4 is 0 Å². The highest BCUT2D eigenvalue weighted by Gasteiger charge is 2.45. The number of hydrogen-bond donors (Lipinski definition) is 0. The second-order valence-electron chi connectivity index (χ2n) is 6.23. The summed E-state index contributed by atoms with van der Waals surface area (Å²) in [4.78, 5) is 30.3. The topological polar surface area (TPSA) is 46.6 Å². The van der Waals surface area contributed by atoms with Gasteiger partial charge in [-0.3, -0.25) is 14.4 Å². The molecule has 1 aliphatic carbocycles. The van der Waals surface area contributed by atoms with Crippen LogP contribution in [-0.2, 0) is 21.0 Å². The van der Waals surface area contributed by atoms with Crippen LogP contribution in [0, 0.1) is 23.7 Å². The molecule has 0 aromatic heterocycles. The van der Waals surface area contributed by atoms with E-state index in [4.69, 9.17) is 4.84 Å². The fourth-order valence-electron chi connectivity index (χ4n) is 3.59. The molecule has 0 radical (unpaired) electrons. The van der Waals surface area contributed by atoms with Crippen LogP contribution in [-0.4, -0.2) is 23.4 Å². The molecule has 0 saturated carbocycles. The molecule has 2 aliphatic rings. The first-order valence-electron chi connectivity index (χ1n) is 7.75.